The first-order valence-corrected chi connectivity index (χ1v) is 8.93. The Labute approximate surface area is 149 Å². The minimum absolute atomic E-state index is 0.361. The number of hydrogen-bond acceptors (Lipinski definition) is 4. The van der Waals surface area contributed by atoms with Crippen LogP contribution >= 0.6 is 0 Å². The van der Waals surface area contributed by atoms with Crippen molar-refractivity contribution >= 4 is 16.9 Å². The molecule has 0 aliphatic carbocycles. The predicted octanol–water partition coefficient (Wildman–Crippen LogP) is 4.70. The maximum Gasteiger partial charge on any atom is 0.220 e. The quantitative estimate of drug-likeness (QED) is 0.606. The number of rotatable bonds is 8. The van der Waals surface area contributed by atoms with Crippen LogP contribution in [0.15, 0.2) is 48.5 Å². The van der Waals surface area contributed by atoms with Gasteiger partial charge in [-0.2, -0.15) is 0 Å². The van der Waals surface area contributed by atoms with E-state index in [0.717, 1.165) is 61.1 Å². The third-order valence-electron chi connectivity index (χ3n) is 4.36. The summed E-state index contributed by atoms with van der Waals surface area (Å²) in [5.41, 5.74) is 9.00. The van der Waals surface area contributed by atoms with E-state index in [1.54, 1.807) is 0 Å². The van der Waals surface area contributed by atoms with Crippen molar-refractivity contribution in [1.29, 1.82) is 0 Å². The molecule has 4 nitrogen and oxygen atoms in total. The first kappa shape index (κ1) is 17.2. The van der Waals surface area contributed by atoms with Crippen molar-refractivity contribution in [1.82, 2.24) is 9.97 Å². The van der Waals surface area contributed by atoms with Gasteiger partial charge in [0.1, 0.15) is 5.75 Å². The molecule has 0 saturated heterocycles. The standard InChI is InChI=1S/C21H25N3O/c1-16-10-5-8-14-20(16)25-15-9-3-2-4-12-18-17-11-6-7-13-19(17)24-21(22)23-18/h5-8,10-11,13-14H,2-4,9,12,15H2,1H3,(H2,22,23,24). The zero-order valence-electron chi connectivity index (χ0n) is 14.7. The second-order valence-corrected chi connectivity index (χ2v) is 6.32. The number of anilines is 1. The average Bonchev–Trinajstić information content (AvgIpc) is 2.62. The lowest BCUT2D eigenvalue weighted by molar-refractivity contribution is 0.303. The van der Waals surface area contributed by atoms with Gasteiger partial charge in [0.25, 0.3) is 0 Å². The highest BCUT2D eigenvalue weighted by molar-refractivity contribution is 5.81. The summed E-state index contributed by atoms with van der Waals surface area (Å²) in [7, 11) is 0. The Hall–Kier alpha value is -2.62. The number of hydrogen-bond donors (Lipinski definition) is 1. The molecule has 2 aromatic carbocycles. The summed E-state index contributed by atoms with van der Waals surface area (Å²) in [6.45, 7) is 2.85. The van der Waals surface area contributed by atoms with Gasteiger partial charge in [-0.3, -0.25) is 0 Å². The SMILES string of the molecule is Cc1ccccc1OCCCCCCc1nc(N)nc2ccccc12. The van der Waals surface area contributed by atoms with Crippen molar-refractivity contribution in [3.05, 3.63) is 59.8 Å². The summed E-state index contributed by atoms with van der Waals surface area (Å²) in [6.07, 6.45) is 5.43. The molecule has 130 valence electrons. The lowest BCUT2D eigenvalue weighted by Crippen LogP contribution is -2.01. The first-order chi connectivity index (χ1) is 12.2. The molecule has 0 unspecified atom stereocenters. The number of ether oxygens (including phenoxy) is 1. The minimum Gasteiger partial charge on any atom is -0.493 e. The highest BCUT2D eigenvalue weighted by Crippen LogP contribution is 2.19. The lowest BCUT2D eigenvalue weighted by Gasteiger charge is -2.09. The van der Waals surface area contributed by atoms with E-state index in [-0.39, 0.29) is 0 Å². The van der Waals surface area contributed by atoms with E-state index in [9.17, 15) is 0 Å². The Bertz CT molecular complexity index is 832. The monoisotopic (exact) mass is 335 g/mol. The highest BCUT2D eigenvalue weighted by Gasteiger charge is 2.05. The van der Waals surface area contributed by atoms with Crippen LogP contribution in [0.2, 0.25) is 0 Å². The van der Waals surface area contributed by atoms with Crippen molar-refractivity contribution in [3.63, 3.8) is 0 Å². The Morgan fingerprint density at radius 3 is 2.52 bits per heavy atom. The van der Waals surface area contributed by atoms with Gasteiger partial charge in [0, 0.05) is 5.39 Å². The molecule has 0 atom stereocenters. The van der Waals surface area contributed by atoms with Gasteiger partial charge in [0.15, 0.2) is 0 Å². The number of aromatic nitrogens is 2. The molecule has 4 heteroatoms. The van der Waals surface area contributed by atoms with Crippen LogP contribution in [-0.2, 0) is 6.42 Å². The smallest absolute Gasteiger partial charge is 0.220 e. The first-order valence-electron chi connectivity index (χ1n) is 8.93. The van der Waals surface area contributed by atoms with Gasteiger partial charge in [0.05, 0.1) is 17.8 Å². The lowest BCUT2D eigenvalue weighted by atomic mass is 10.1. The van der Waals surface area contributed by atoms with E-state index in [1.165, 1.54) is 5.56 Å². The number of aryl methyl sites for hydroxylation is 2. The molecule has 2 N–H and O–H groups in total. The number of unbranched alkanes of at least 4 members (excludes halogenated alkanes) is 3. The van der Waals surface area contributed by atoms with Crippen LogP contribution in [-0.4, -0.2) is 16.6 Å². The highest BCUT2D eigenvalue weighted by atomic mass is 16.5. The Morgan fingerprint density at radius 2 is 1.64 bits per heavy atom. The van der Waals surface area contributed by atoms with Gasteiger partial charge in [-0.25, -0.2) is 9.97 Å². The van der Waals surface area contributed by atoms with Crippen molar-refractivity contribution in [2.75, 3.05) is 12.3 Å². The fourth-order valence-electron chi connectivity index (χ4n) is 3.00. The topological polar surface area (TPSA) is 61.0 Å². The Morgan fingerprint density at radius 1 is 0.880 bits per heavy atom. The summed E-state index contributed by atoms with van der Waals surface area (Å²) < 4.78 is 5.84. The normalized spacial score (nSPS) is 10.9. The predicted molar refractivity (Wildman–Crippen MR) is 103 cm³/mol. The van der Waals surface area contributed by atoms with E-state index in [0.29, 0.717) is 5.95 Å². The van der Waals surface area contributed by atoms with E-state index < -0.39 is 0 Å². The van der Waals surface area contributed by atoms with Crippen LogP contribution in [0.4, 0.5) is 5.95 Å². The van der Waals surface area contributed by atoms with Gasteiger partial charge in [-0.1, -0.05) is 49.2 Å². The largest absolute Gasteiger partial charge is 0.493 e. The van der Waals surface area contributed by atoms with Crippen molar-refractivity contribution < 1.29 is 4.74 Å². The van der Waals surface area contributed by atoms with Crippen LogP contribution in [0.5, 0.6) is 5.75 Å². The van der Waals surface area contributed by atoms with Crippen LogP contribution < -0.4 is 10.5 Å². The van der Waals surface area contributed by atoms with Crippen LogP contribution in [0.1, 0.15) is 36.9 Å². The number of para-hydroxylation sites is 2. The van der Waals surface area contributed by atoms with E-state index in [4.69, 9.17) is 10.5 Å². The average molecular weight is 335 g/mol. The summed E-state index contributed by atoms with van der Waals surface area (Å²) in [4.78, 5) is 8.72. The van der Waals surface area contributed by atoms with Gasteiger partial charge >= 0.3 is 0 Å². The molecule has 0 saturated carbocycles. The third-order valence-corrected chi connectivity index (χ3v) is 4.36. The second kappa shape index (κ2) is 8.47. The van der Waals surface area contributed by atoms with Crippen molar-refractivity contribution in [2.45, 2.75) is 39.0 Å². The summed E-state index contributed by atoms with van der Waals surface area (Å²) in [5.74, 6) is 1.35. The van der Waals surface area contributed by atoms with Crippen molar-refractivity contribution in [2.24, 2.45) is 0 Å². The van der Waals surface area contributed by atoms with Gasteiger partial charge in [-0.05, 0) is 43.9 Å². The summed E-state index contributed by atoms with van der Waals surface area (Å²) in [6, 6.07) is 16.2. The van der Waals surface area contributed by atoms with Crippen LogP contribution in [0.25, 0.3) is 10.9 Å². The molecule has 3 aromatic rings. The third kappa shape index (κ3) is 4.69. The maximum absolute atomic E-state index is 5.84. The van der Waals surface area contributed by atoms with Crippen LogP contribution in [0, 0.1) is 6.92 Å². The molecule has 1 heterocycles. The molecule has 0 aliphatic heterocycles. The summed E-state index contributed by atoms with van der Waals surface area (Å²) in [5, 5.41) is 1.11. The van der Waals surface area contributed by atoms with Gasteiger partial charge < -0.3 is 10.5 Å². The fraction of sp³-hybridized carbons (Fsp3) is 0.333. The van der Waals surface area contributed by atoms with Crippen molar-refractivity contribution in [3.8, 4) is 5.75 Å². The van der Waals surface area contributed by atoms with Crippen LogP contribution in [0.3, 0.4) is 0 Å². The molecular weight excluding hydrogens is 310 g/mol. The zero-order chi connectivity index (χ0) is 17.5. The molecule has 0 fully saturated rings. The van der Waals surface area contributed by atoms with Gasteiger partial charge in [-0.15, -0.1) is 0 Å². The number of nitrogens with zero attached hydrogens (tertiary/aromatic N) is 2. The molecule has 25 heavy (non-hydrogen) atoms. The number of benzene rings is 2. The maximum atomic E-state index is 5.84. The number of fused-ring (bicyclic) bond motifs is 1. The molecule has 0 spiro atoms. The molecule has 0 radical (unpaired) electrons. The number of nitrogen functional groups attached to an aromatic ring is 1. The van der Waals surface area contributed by atoms with E-state index in [1.807, 2.05) is 36.4 Å². The Balaban J connectivity index is 1.41. The Kier molecular flexibility index (Phi) is 5.83. The molecule has 1 aromatic heterocycles. The minimum atomic E-state index is 0.361. The molecule has 0 aliphatic rings. The summed E-state index contributed by atoms with van der Waals surface area (Å²) >= 11 is 0. The second-order valence-electron chi connectivity index (χ2n) is 6.32. The molecule has 0 bridgehead atoms. The van der Waals surface area contributed by atoms with E-state index >= 15 is 0 Å². The van der Waals surface area contributed by atoms with E-state index in [2.05, 4.69) is 29.0 Å². The number of nitrogens with two attached hydrogens (primary N) is 1. The molecular formula is C21H25N3O. The fourth-order valence-corrected chi connectivity index (χ4v) is 3.00. The molecule has 0 amide bonds. The zero-order valence-corrected chi connectivity index (χ0v) is 14.7. The molecule has 3 rings (SSSR count). The van der Waals surface area contributed by atoms with Gasteiger partial charge in [0.2, 0.25) is 5.95 Å².